The minimum absolute atomic E-state index is 0.0483. The van der Waals surface area contributed by atoms with E-state index < -0.39 is 0 Å². The quantitative estimate of drug-likeness (QED) is 0.670. The molecule has 144 valence electrons. The number of aromatic nitrogens is 2. The summed E-state index contributed by atoms with van der Waals surface area (Å²) in [5.41, 5.74) is 2.75. The molecule has 3 aromatic rings. The summed E-state index contributed by atoms with van der Waals surface area (Å²) in [6.07, 6.45) is 9.16. The van der Waals surface area contributed by atoms with E-state index in [9.17, 15) is 9.18 Å². The van der Waals surface area contributed by atoms with Crippen molar-refractivity contribution in [2.75, 3.05) is 5.32 Å². The van der Waals surface area contributed by atoms with E-state index in [1.54, 1.807) is 24.5 Å². The second-order valence-corrected chi connectivity index (χ2v) is 7.69. The lowest BCUT2D eigenvalue weighted by Gasteiger charge is -2.32. The fourth-order valence-corrected chi connectivity index (χ4v) is 4.33. The molecule has 1 unspecified atom stereocenters. The van der Waals surface area contributed by atoms with Crippen molar-refractivity contribution in [1.29, 1.82) is 0 Å². The summed E-state index contributed by atoms with van der Waals surface area (Å²) in [6, 6.07) is 10.5. The van der Waals surface area contributed by atoms with Crippen molar-refractivity contribution in [3.8, 4) is 0 Å². The summed E-state index contributed by atoms with van der Waals surface area (Å²) in [4.78, 5) is 21.0. The first kappa shape index (κ1) is 18.5. The number of nitrogens with zero attached hydrogens (tertiary/aromatic N) is 2. The Labute approximate surface area is 164 Å². The molecule has 1 atom stereocenters. The Bertz CT molecular complexity index is 968. The molecular weight excluding hydrogens is 353 g/mol. The molecule has 0 aliphatic heterocycles. The largest absolute Gasteiger partial charge is 0.324 e. The molecule has 1 aliphatic carbocycles. The summed E-state index contributed by atoms with van der Waals surface area (Å²) in [7, 11) is 0. The average Bonchev–Trinajstić information content (AvgIpc) is 2.73. The third-order valence-electron chi connectivity index (χ3n) is 6.00. The first-order valence-corrected chi connectivity index (χ1v) is 9.87. The van der Waals surface area contributed by atoms with E-state index >= 15 is 0 Å². The number of pyridine rings is 2. The molecule has 5 heteroatoms. The molecule has 4 nitrogen and oxygen atoms in total. The van der Waals surface area contributed by atoms with Gasteiger partial charge in [0.15, 0.2) is 0 Å². The van der Waals surface area contributed by atoms with Crippen molar-refractivity contribution < 1.29 is 9.18 Å². The van der Waals surface area contributed by atoms with Gasteiger partial charge in [-0.1, -0.05) is 6.92 Å². The second-order valence-electron chi connectivity index (χ2n) is 7.69. The zero-order valence-electron chi connectivity index (χ0n) is 15.9. The smallest absolute Gasteiger partial charge is 0.227 e. The zero-order chi connectivity index (χ0) is 19.5. The Balaban J connectivity index is 1.42. The van der Waals surface area contributed by atoms with Gasteiger partial charge in [-0.2, -0.15) is 0 Å². The molecule has 0 bridgehead atoms. The van der Waals surface area contributed by atoms with Gasteiger partial charge in [0.05, 0.1) is 17.4 Å². The van der Waals surface area contributed by atoms with Gasteiger partial charge in [0.2, 0.25) is 5.91 Å². The summed E-state index contributed by atoms with van der Waals surface area (Å²) >= 11 is 0. The van der Waals surface area contributed by atoms with Gasteiger partial charge in [-0.05, 0) is 79.5 Å². The summed E-state index contributed by atoms with van der Waals surface area (Å²) in [5.74, 6) is 0.520. The minimum Gasteiger partial charge on any atom is -0.324 e. The van der Waals surface area contributed by atoms with Crippen LogP contribution in [0.2, 0.25) is 0 Å². The number of anilines is 1. The minimum atomic E-state index is -0.226. The van der Waals surface area contributed by atoms with Crippen LogP contribution in [0, 0.1) is 17.7 Å². The second kappa shape index (κ2) is 8.05. The Morgan fingerprint density at radius 1 is 1.14 bits per heavy atom. The maximum atomic E-state index is 13.7. The van der Waals surface area contributed by atoms with Gasteiger partial charge in [0.25, 0.3) is 0 Å². The summed E-state index contributed by atoms with van der Waals surface area (Å²) < 4.78 is 13.7. The van der Waals surface area contributed by atoms with Gasteiger partial charge in [-0.25, -0.2) is 4.39 Å². The molecule has 0 saturated heterocycles. The number of rotatable bonds is 4. The van der Waals surface area contributed by atoms with Crippen LogP contribution in [-0.4, -0.2) is 15.9 Å². The third-order valence-corrected chi connectivity index (χ3v) is 6.00. The molecule has 0 spiro atoms. The molecule has 1 aliphatic rings. The Morgan fingerprint density at radius 3 is 2.71 bits per heavy atom. The van der Waals surface area contributed by atoms with E-state index in [1.807, 2.05) is 31.3 Å². The molecule has 1 amide bonds. The standard InChI is InChI=1S/C23H24FN3O/c1-15(23(28)27-19-3-2-11-25-14-19)16-4-6-17(7-5-16)20-10-12-26-22-9-8-18(24)13-21(20)22/h2-3,8-17H,4-7H2,1H3,(H,27,28). The van der Waals surface area contributed by atoms with Gasteiger partial charge in [0.1, 0.15) is 5.82 Å². The van der Waals surface area contributed by atoms with E-state index in [4.69, 9.17) is 0 Å². The molecule has 28 heavy (non-hydrogen) atoms. The van der Waals surface area contributed by atoms with Crippen LogP contribution >= 0.6 is 0 Å². The highest BCUT2D eigenvalue weighted by Gasteiger charge is 2.30. The van der Waals surface area contributed by atoms with Crippen LogP contribution in [0.25, 0.3) is 10.9 Å². The van der Waals surface area contributed by atoms with Crippen LogP contribution in [0.1, 0.15) is 44.1 Å². The van der Waals surface area contributed by atoms with Gasteiger partial charge in [0, 0.05) is 23.7 Å². The van der Waals surface area contributed by atoms with E-state index in [2.05, 4.69) is 15.3 Å². The predicted octanol–water partition coefficient (Wildman–Crippen LogP) is 5.32. The Hall–Kier alpha value is -2.82. The molecule has 4 rings (SSSR count). The first-order chi connectivity index (χ1) is 13.6. The van der Waals surface area contributed by atoms with Crippen molar-refractivity contribution in [3.05, 3.63) is 66.4 Å². The van der Waals surface area contributed by atoms with Gasteiger partial charge < -0.3 is 5.32 Å². The SMILES string of the molecule is CC(C(=O)Nc1cccnc1)C1CCC(c2ccnc3ccc(F)cc23)CC1. The number of hydrogen-bond acceptors (Lipinski definition) is 3. The normalized spacial score (nSPS) is 20.6. The highest BCUT2D eigenvalue weighted by Crippen LogP contribution is 2.40. The lowest BCUT2D eigenvalue weighted by atomic mass is 9.73. The van der Waals surface area contributed by atoms with Crippen molar-refractivity contribution in [3.63, 3.8) is 0 Å². The number of carbonyl (C=O) groups is 1. The molecule has 2 aromatic heterocycles. The highest BCUT2D eigenvalue weighted by atomic mass is 19.1. The van der Waals surface area contributed by atoms with Gasteiger partial charge >= 0.3 is 0 Å². The monoisotopic (exact) mass is 377 g/mol. The maximum absolute atomic E-state index is 13.7. The van der Waals surface area contributed by atoms with Crippen LogP contribution in [0.4, 0.5) is 10.1 Å². The van der Waals surface area contributed by atoms with E-state index in [0.717, 1.165) is 42.3 Å². The summed E-state index contributed by atoms with van der Waals surface area (Å²) in [5, 5.41) is 3.87. The van der Waals surface area contributed by atoms with Gasteiger partial charge in [-0.3, -0.25) is 14.8 Å². The molecule has 0 radical (unpaired) electrons. The number of hydrogen-bond donors (Lipinski definition) is 1. The third kappa shape index (κ3) is 3.88. The van der Waals surface area contributed by atoms with Gasteiger partial charge in [-0.15, -0.1) is 0 Å². The number of halogens is 1. The van der Waals surface area contributed by atoms with Crippen LogP contribution in [0.5, 0.6) is 0 Å². The highest BCUT2D eigenvalue weighted by molar-refractivity contribution is 5.92. The lowest BCUT2D eigenvalue weighted by molar-refractivity contribution is -0.121. The zero-order valence-corrected chi connectivity index (χ0v) is 15.9. The van der Waals surface area contributed by atoms with Crippen LogP contribution < -0.4 is 5.32 Å². The molecule has 2 heterocycles. The van der Waals surface area contributed by atoms with Crippen molar-refractivity contribution >= 4 is 22.5 Å². The predicted molar refractivity (Wildman–Crippen MR) is 108 cm³/mol. The van der Waals surface area contributed by atoms with E-state index in [1.165, 1.54) is 11.6 Å². The van der Waals surface area contributed by atoms with E-state index in [0.29, 0.717) is 11.8 Å². The summed E-state index contributed by atoms with van der Waals surface area (Å²) in [6.45, 7) is 2.01. The Kier molecular flexibility index (Phi) is 5.33. The average molecular weight is 377 g/mol. The van der Waals surface area contributed by atoms with E-state index in [-0.39, 0.29) is 17.6 Å². The number of benzene rings is 1. The topological polar surface area (TPSA) is 54.9 Å². The molecular formula is C23H24FN3O. The van der Waals surface area contributed by atoms with Crippen molar-refractivity contribution in [2.45, 2.75) is 38.5 Å². The maximum Gasteiger partial charge on any atom is 0.227 e. The molecule has 1 N–H and O–H groups in total. The Morgan fingerprint density at radius 2 is 1.96 bits per heavy atom. The van der Waals surface area contributed by atoms with Crippen molar-refractivity contribution in [2.24, 2.45) is 11.8 Å². The fourth-order valence-electron chi connectivity index (χ4n) is 4.33. The molecule has 1 aromatic carbocycles. The number of carbonyl (C=O) groups excluding carboxylic acids is 1. The molecule has 1 saturated carbocycles. The number of nitrogens with one attached hydrogen (secondary N) is 1. The van der Waals surface area contributed by atoms with Crippen LogP contribution in [0.3, 0.4) is 0 Å². The fraction of sp³-hybridized carbons (Fsp3) is 0.348. The molecule has 1 fully saturated rings. The van der Waals surface area contributed by atoms with Crippen LogP contribution in [0.15, 0.2) is 55.0 Å². The first-order valence-electron chi connectivity index (χ1n) is 9.87. The lowest BCUT2D eigenvalue weighted by Crippen LogP contribution is -2.29. The van der Waals surface area contributed by atoms with Crippen LogP contribution in [-0.2, 0) is 4.79 Å². The van der Waals surface area contributed by atoms with Crippen molar-refractivity contribution in [1.82, 2.24) is 9.97 Å². The number of fused-ring (bicyclic) bond motifs is 1. The number of amides is 1.